The van der Waals surface area contributed by atoms with E-state index < -0.39 is 0 Å². The molecule has 2 aromatic carbocycles. The molecule has 3 aromatic rings. The summed E-state index contributed by atoms with van der Waals surface area (Å²) < 4.78 is 11.2. The van der Waals surface area contributed by atoms with E-state index in [1.54, 1.807) is 6.08 Å². The molecule has 0 saturated heterocycles. The van der Waals surface area contributed by atoms with Crippen molar-refractivity contribution < 1.29 is 14.3 Å². The number of ether oxygens (including phenoxy) is 2. The minimum Gasteiger partial charge on any atom is -0.494 e. The van der Waals surface area contributed by atoms with Crippen LogP contribution in [0.5, 0.6) is 11.5 Å². The van der Waals surface area contributed by atoms with E-state index in [0.29, 0.717) is 18.3 Å². The standard InChI is InChI=1S/C23H24N2O3S/c1-3-15-28-19-12-9-17(10-13-19)20-16-29-23(24-20)25-22(26)14-11-18-7-5-6-8-21(18)27-4-2/h5-14,16H,3-4,15H2,1-2H3,(H,24,25,26)/b14-11+. The van der Waals surface area contributed by atoms with Crippen LogP contribution in [0.2, 0.25) is 0 Å². The van der Waals surface area contributed by atoms with Gasteiger partial charge in [-0.1, -0.05) is 25.1 Å². The van der Waals surface area contributed by atoms with E-state index in [9.17, 15) is 4.79 Å². The third kappa shape index (κ3) is 5.93. The van der Waals surface area contributed by atoms with Gasteiger partial charge in [-0.15, -0.1) is 11.3 Å². The lowest BCUT2D eigenvalue weighted by molar-refractivity contribution is -0.111. The van der Waals surface area contributed by atoms with Crippen molar-refractivity contribution >= 4 is 28.5 Å². The van der Waals surface area contributed by atoms with Crippen LogP contribution in [0.4, 0.5) is 5.13 Å². The molecule has 6 heteroatoms. The highest BCUT2D eigenvalue weighted by molar-refractivity contribution is 7.14. The molecule has 0 fully saturated rings. The van der Waals surface area contributed by atoms with Crippen LogP contribution < -0.4 is 14.8 Å². The van der Waals surface area contributed by atoms with Gasteiger partial charge in [0.2, 0.25) is 5.91 Å². The number of benzene rings is 2. The Kier molecular flexibility index (Phi) is 7.41. The van der Waals surface area contributed by atoms with Gasteiger partial charge in [0.1, 0.15) is 11.5 Å². The number of hydrogen-bond donors (Lipinski definition) is 1. The first-order valence-corrected chi connectivity index (χ1v) is 10.5. The largest absolute Gasteiger partial charge is 0.494 e. The summed E-state index contributed by atoms with van der Waals surface area (Å²) in [6.45, 7) is 5.28. The van der Waals surface area contributed by atoms with Gasteiger partial charge < -0.3 is 9.47 Å². The van der Waals surface area contributed by atoms with E-state index in [-0.39, 0.29) is 5.91 Å². The molecule has 29 heavy (non-hydrogen) atoms. The highest BCUT2D eigenvalue weighted by Crippen LogP contribution is 2.27. The number of hydrogen-bond acceptors (Lipinski definition) is 5. The summed E-state index contributed by atoms with van der Waals surface area (Å²) in [7, 11) is 0. The lowest BCUT2D eigenvalue weighted by Gasteiger charge is -2.06. The molecule has 0 radical (unpaired) electrons. The highest BCUT2D eigenvalue weighted by atomic mass is 32.1. The van der Waals surface area contributed by atoms with Crippen molar-refractivity contribution in [3.8, 4) is 22.8 Å². The summed E-state index contributed by atoms with van der Waals surface area (Å²) in [6, 6.07) is 15.4. The zero-order chi connectivity index (χ0) is 20.5. The SMILES string of the molecule is CCCOc1ccc(-c2csc(NC(=O)/C=C/c3ccccc3OCC)n2)cc1. The first-order chi connectivity index (χ1) is 14.2. The molecule has 0 aliphatic carbocycles. The molecular weight excluding hydrogens is 384 g/mol. The van der Waals surface area contributed by atoms with Crippen LogP contribution in [0.1, 0.15) is 25.8 Å². The Labute approximate surface area is 175 Å². The zero-order valence-electron chi connectivity index (χ0n) is 16.6. The maximum Gasteiger partial charge on any atom is 0.250 e. The number of anilines is 1. The average molecular weight is 409 g/mol. The van der Waals surface area contributed by atoms with Gasteiger partial charge >= 0.3 is 0 Å². The molecule has 5 nitrogen and oxygen atoms in total. The number of para-hydroxylation sites is 1. The number of rotatable bonds is 9. The van der Waals surface area contributed by atoms with Crippen molar-refractivity contribution in [1.29, 1.82) is 0 Å². The van der Waals surface area contributed by atoms with Gasteiger partial charge in [-0.25, -0.2) is 4.98 Å². The van der Waals surface area contributed by atoms with Gasteiger partial charge in [0.05, 0.1) is 18.9 Å². The second-order valence-corrected chi connectivity index (χ2v) is 7.06. The van der Waals surface area contributed by atoms with Crippen LogP contribution in [0.15, 0.2) is 60.0 Å². The molecule has 0 aliphatic rings. The first-order valence-electron chi connectivity index (χ1n) is 9.59. The number of carbonyl (C=O) groups excluding carboxylic acids is 1. The van der Waals surface area contributed by atoms with Crippen LogP contribution in [-0.2, 0) is 4.79 Å². The second-order valence-electron chi connectivity index (χ2n) is 6.20. The Morgan fingerprint density at radius 3 is 2.66 bits per heavy atom. The van der Waals surface area contributed by atoms with Gasteiger partial charge in [0.15, 0.2) is 5.13 Å². The number of aromatic nitrogens is 1. The second kappa shape index (κ2) is 10.4. The lowest BCUT2D eigenvalue weighted by Crippen LogP contribution is -2.07. The molecule has 0 saturated carbocycles. The fourth-order valence-electron chi connectivity index (χ4n) is 2.62. The van der Waals surface area contributed by atoms with Gasteiger partial charge in [-0.3, -0.25) is 10.1 Å². The van der Waals surface area contributed by atoms with Crippen molar-refractivity contribution in [3.05, 3.63) is 65.6 Å². The van der Waals surface area contributed by atoms with Crippen molar-refractivity contribution in [2.75, 3.05) is 18.5 Å². The number of amides is 1. The van der Waals surface area contributed by atoms with Crippen molar-refractivity contribution in [2.45, 2.75) is 20.3 Å². The Hall–Kier alpha value is -3.12. The minimum atomic E-state index is -0.236. The summed E-state index contributed by atoms with van der Waals surface area (Å²) in [6.07, 6.45) is 4.20. The Morgan fingerprint density at radius 1 is 1.10 bits per heavy atom. The first kappa shape index (κ1) is 20.6. The quantitative estimate of drug-likeness (QED) is 0.465. The number of carbonyl (C=O) groups is 1. The normalized spacial score (nSPS) is 10.8. The van der Waals surface area contributed by atoms with E-state index in [4.69, 9.17) is 9.47 Å². The van der Waals surface area contributed by atoms with E-state index in [1.165, 1.54) is 17.4 Å². The van der Waals surface area contributed by atoms with Gasteiger partial charge in [-0.05, 0) is 49.8 Å². The number of thiazole rings is 1. The van der Waals surface area contributed by atoms with Crippen LogP contribution >= 0.6 is 11.3 Å². The Morgan fingerprint density at radius 2 is 1.90 bits per heavy atom. The Bertz CT molecular complexity index is 964. The van der Waals surface area contributed by atoms with Gasteiger partial charge in [-0.2, -0.15) is 0 Å². The van der Waals surface area contributed by atoms with E-state index in [1.807, 2.05) is 60.8 Å². The molecule has 1 aromatic heterocycles. The van der Waals surface area contributed by atoms with E-state index >= 15 is 0 Å². The molecule has 0 aliphatic heterocycles. The summed E-state index contributed by atoms with van der Waals surface area (Å²) in [5.74, 6) is 1.36. The maximum absolute atomic E-state index is 12.3. The highest BCUT2D eigenvalue weighted by Gasteiger charge is 2.07. The molecule has 0 atom stereocenters. The van der Waals surface area contributed by atoms with Gasteiger partial charge in [0.25, 0.3) is 0 Å². The number of nitrogens with zero attached hydrogens (tertiary/aromatic N) is 1. The van der Waals surface area contributed by atoms with Gasteiger partial charge in [0, 0.05) is 22.6 Å². The van der Waals surface area contributed by atoms with Crippen LogP contribution in [0.25, 0.3) is 17.3 Å². The third-order valence-corrected chi connectivity index (χ3v) is 4.75. The molecule has 150 valence electrons. The fraction of sp³-hybridized carbons (Fsp3) is 0.217. The van der Waals surface area contributed by atoms with Crippen molar-refractivity contribution in [1.82, 2.24) is 4.98 Å². The molecule has 3 rings (SSSR count). The molecule has 1 N–H and O–H groups in total. The summed E-state index contributed by atoms with van der Waals surface area (Å²) in [5.41, 5.74) is 2.65. The predicted octanol–water partition coefficient (Wildman–Crippen LogP) is 5.65. The van der Waals surface area contributed by atoms with E-state index in [2.05, 4.69) is 17.2 Å². The number of nitrogens with one attached hydrogen (secondary N) is 1. The molecule has 0 unspecified atom stereocenters. The molecule has 1 heterocycles. The monoisotopic (exact) mass is 408 g/mol. The van der Waals surface area contributed by atoms with Crippen molar-refractivity contribution in [2.24, 2.45) is 0 Å². The smallest absolute Gasteiger partial charge is 0.250 e. The predicted molar refractivity (Wildman–Crippen MR) is 119 cm³/mol. The van der Waals surface area contributed by atoms with Crippen LogP contribution in [0.3, 0.4) is 0 Å². The Balaban J connectivity index is 1.62. The fourth-order valence-corrected chi connectivity index (χ4v) is 3.35. The van der Waals surface area contributed by atoms with Crippen LogP contribution in [0, 0.1) is 0 Å². The molecule has 1 amide bonds. The molecule has 0 spiro atoms. The third-order valence-electron chi connectivity index (χ3n) is 3.99. The summed E-state index contributed by atoms with van der Waals surface area (Å²) in [5, 5.41) is 5.29. The van der Waals surface area contributed by atoms with E-state index in [0.717, 1.165) is 34.7 Å². The minimum absolute atomic E-state index is 0.236. The summed E-state index contributed by atoms with van der Waals surface area (Å²) in [4.78, 5) is 16.8. The topological polar surface area (TPSA) is 60.5 Å². The molecule has 0 bridgehead atoms. The van der Waals surface area contributed by atoms with Crippen molar-refractivity contribution in [3.63, 3.8) is 0 Å². The molecular formula is C23H24N2O3S. The lowest BCUT2D eigenvalue weighted by atomic mass is 10.2. The zero-order valence-corrected chi connectivity index (χ0v) is 17.4. The maximum atomic E-state index is 12.3. The summed E-state index contributed by atoms with van der Waals surface area (Å²) >= 11 is 1.39. The van der Waals surface area contributed by atoms with Crippen LogP contribution in [-0.4, -0.2) is 24.1 Å². The average Bonchev–Trinajstić information content (AvgIpc) is 3.20.